The molecule has 1 saturated heterocycles. The molecule has 0 saturated carbocycles. The van der Waals surface area contributed by atoms with E-state index in [9.17, 15) is 13.6 Å². The van der Waals surface area contributed by atoms with E-state index in [1.165, 1.54) is 11.3 Å². The molecule has 0 aromatic carbocycles. The number of thiazole rings is 1. The van der Waals surface area contributed by atoms with Crippen LogP contribution < -0.4 is 10.6 Å². The van der Waals surface area contributed by atoms with Crippen LogP contribution in [-0.4, -0.2) is 29.4 Å². The summed E-state index contributed by atoms with van der Waals surface area (Å²) in [6, 6.07) is -1.08. The van der Waals surface area contributed by atoms with E-state index >= 15 is 0 Å². The average molecular weight is 362 g/mol. The molecule has 1 amide bonds. The van der Waals surface area contributed by atoms with E-state index in [-0.39, 0.29) is 30.9 Å². The van der Waals surface area contributed by atoms with Crippen molar-refractivity contribution in [3.8, 4) is 0 Å². The Morgan fingerprint density at radius 2 is 2.29 bits per heavy atom. The lowest BCUT2D eigenvalue weighted by Crippen LogP contribution is -2.41. The van der Waals surface area contributed by atoms with Crippen molar-refractivity contribution in [1.82, 2.24) is 15.6 Å². The number of rotatable bonds is 4. The molecule has 2 N–H and O–H groups in total. The second-order valence-electron chi connectivity index (χ2n) is 4.74. The van der Waals surface area contributed by atoms with Gasteiger partial charge in [0.05, 0.1) is 29.3 Å². The Bertz CT molecular complexity index is 473. The molecule has 9 heteroatoms. The molecule has 0 radical (unpaired) electrons. The Kier molecular flexibility index (Phi) is 8.02. The average Bonchev–Trinajstić information content (AvgIpc) is 2.95. The highest BCUT2D eigenvalue weighted by molar-refractivity contribution is 7.09. The van der Waals surface area contributed by atoms with Crippen LogP contribution in [-0.2, 0) is 11.2 Å². The Labute approximate surface area is 138 Å². The van der Waals surface area contributed by atoms with Gasteiger partial charge >= 0.3 is 0 Å². The number of nitrogens with zero attached hydrogens (tertiary/aromatic N) is 1. The van der Waals surface area contributed by atoms with Crippen molar-refractivity contribution in [2.24, 2.45) is 0 Å². The normalized spacial score (nSPS) is 21.0. The molecular weight excluding hydrogens is 343 g/mol. The zero-order chi connectivity index (χ0) is 14.0. The predicted molar refractivity (Wildman–Crippen MR) is 83.9 cm³/mol. The van der Waals surface area contributed by atoms with Gasteiger partial charge in [0.15, 0.2) is 0 Å². The number of carbonyl (C=O) groups is 1. The first kappa shape index (κ1) is 20.5. The zero-order valence-electron chi connectivity index (χ0n) is 11.7. The topological polar surface area (TPSA) is 54.0 Å². The summed E-state index contributed by atoms with van der Waals surface area (Å²) in [6.45, 7) is 3.38. The minimum atomic E-state index is -2.79. The third-order valence-electron chi connectivity index (χ3n) is 3.10. The fraction of sp³-hybridized carbons (Fsp3) is 0.667. The molecule has 2 atom stereocenters. The molecule has 122 valence electrons. The molecule has 21 heavy (non-hydrogen) atoms. The highest BCUT2D eigenvalue weighted by Crippen LogP contribution is 2.25. The van der Waals surface area contributed by atoms with Crippen molar-refractivity contribution in [1.29, 1.82) is 0 Å². The fourth-order valence-corrected chi connectivity index (χ4v) is 2.81. The van der Waals surface area contributed by atoms with Crippen LogP contribution in [0.2, 0.25) is 0 Å². The summed E-state index contributed by atoms with van der Waals surface area (Å²) < 4.78 is 26.0. The van der Waals surface area contributed by atoms with Crippen LogP contribution in [0.15, 0.2) is 5.38 Å². The predicted octanol–water partition coefficient (Wildman–Crippen LogP) is 2.72. The second-order valence-corrected chi connectivity index (χ2v) is 5.69. The smallest absolute Gasteiger partial charge is 0.262 e. The third-order valence-corrected chi connectivity index (χ3v) is 4.11. The van der Waals surface area contributed by atoms with Crippen molar-refractivity contribution in [2.75, 3.05) is 6.54 Å². The quantitative estimate of drug-likeness (QED) is 0.866. The Morgan fingerprint density at radius 3 is 2.76 bits per heavy atom. The van der Waals surface area contributed by atoms with Gasteiger partial charge in [-0.25, -0.2) is 13.8 Å². The van der Waals surface area contributed by atoms with Crippen molar-refractivity contribution in [2.45, 2.75) is 44.7 Å². The molecule has 0 spiro atoms. The molecule has 1 fully saturated rings. The largest absolute Gasteiger partial charge is 0.347 e. The number of aromatic nitrogens is 1. The monoisotopic (exact) mass is 361 g/mol. The van der Waals surface area contributed by atoms with E-state index in [1.807, 2.05) is 12.3 Å². The highest BCUT2D eigenvalue weighted by atomic mass is 35.5. The fourth-order valence-electron chi connectivity index (χ4n) is 1.98. The van der Waals surface area contributed by atoms with E-state index in [4.69, 9.17) is 0 Å². The summed E-state index contributed by atoms with van der Waals surface area (Å²) in [5.41, 5.74) is 0.778. The number of carbonyl (C=O) groups excluding carboxylic acids is 1. The molecule has 0 bridgehead atoms. The van der Waals surface area contributed by atoms with Crippen molar-refractivity contribution < 1.29 is 13.6 Å². The number of amides is 1. The van der Waals surface area contributed by atoms with Gasteiger partial charge in [0.2, 0.25) is 5.91 Å². The van der Waals surface area contributed by atoms with Crippen LogP contribution in [0, 0.1) is 0 Å². The van der Waals surface area contributed by atoms with E-state index < -0.39 is 30.8 Å². The molecule has 2 heterocycles. The summed E-state index contributed by atoms with van der Waals surface area (Å²) in [7, 11) is 0. The van der Waals surface area contributed by atoms with Crippen LogP contribution in [0.3, 0.4) is 0 Å². The first-order valence-corrected chi connectivity index (χ1v) is 7.15. The molecule has 0 aliphatic carbocycles. The van der Waals surface area contributed by atoms with E-state index in [2.05, 4.69) is 15.6 Å². The Hall–Kier alpha value is -0.500. The van der Waals surface area contributed by atoms with Gasteiger partial charge in [-0.1, -0.05) is 6.92 Å². The molecule has 2 rings (SSSR count). The number of nitrogens with one attached hydrogen (secondary N) is 2. The SMILES string of the molecule is CCc1nc(C(C)NC(=O)C2CC(F)(F)CN2)cs1.Cl.Cl. The molecule has 1 aliphatic rings. The van der Waals surface area contributed by atoms with Gasteiger partial charge in [0.25, 0.3) is 5.92 Å². The molecule has 1 aromatic rings. The zero-order valence-corrected chi connectivity index (χ0v) is 14.1. The van der Waals surface area contributed by atoms with Crippen LogP contribution in [0.1, 0.15) is 37.0 Å². The van der Waals surface area contributed by atoms with Gasteiger partial charge in [0, 0.05) is 11.8 Å². The highest BCUT2D eigenvalue weighted by Gasteiger charge is 2.42. The summed E-state index contributed by atoms with van der Waals surface area (Å²) in [6.07, 6.45) is 0.407. The summed E-state index contributed by atoms with van der Waals surface area (Å²) in [5, 5.41) is 8.15. The number of hydrogen-bond acceptors (Lipinski definition) is 4. The van der Waals surface area contributed by atoms with E-state index in [1.54, 1.807) is 6.92 Å². The molecule has 4 nitrogen and oxygen atoms in total. The van der Waals surface area contributed by atoms with Gasteiger partial charge in [-0.3, -0.25) is 10.1 Å². The lowest BCUT2D eigenvalue weighted by atomic mass is 10.1. The Balaban J connectivity index is 0.00000200. The second kappa shape index (κ2) is 8.22. The number of alkyl halides is 2. The minimum Gasteiger partial charge on any atom is -0.347 e. The molecule has 1 aliphatic heterocycles. The van der Waals surface area contributed by atoms with E-state index in [0.29, 0.717) is 0 Å². The maximum atomic E-state index is 13.0. The maximum absolute atomic E-state index is 13.0. The van der Waals surface area contributed by atoms with Gasteiger partial charge in [-0.2, -0.15) is 0 Å². The molecular formula is C12H19Cl2F2N3OS. The standard InChI is InChI=1S/C12H17F2N3OS.2ClH/c1-3-10-17-9(5-19-10)7(2)16-11(18)8-4-12(13,14)6-15-8;;/h5,7-8,15H,3-4,6H2,1-2H3,(H,16,18);2*1H. The number of aryl methyl sites for hydroxylation is 1. The summed E-state index contributed by atoms with van der Waals surface area (Å²) in [5.74, 6) is -3.18. The first-order valence-electron chi connectivity index (χ1n) is 6.27. The van der Waals surface area contributed by atoms with Crippen molar-refractivity contribution in [3.05, 3.63) is 16.1 Å². The van der Waals surface area contributed by atoms with Crippen molar-refractivity contribution >= 4 is 42.1 Å². The van der Waals surface area contributed by atoms with Crippen LogP contribution in [0.5, 0.6) is 0 Å². The Morgan fingerprint density at radius 1 is 1.62 bits per heavy atom. The minimum absolute atomic E-state index is 0. The summed E-state index contributed by atoms with van der Waals surface area (Å²) >= 11 is 1.54. The van der Waals surface area contributed by atoms with Gasteiger partial charge in [0.1, 0.15) is 0 Å². The maximum Gasteiger partial charge on any atom is 0.262 e. The van der Waals surface area contributed by atoms with Gasteiger partial charge in [-0.05, 0) is 13.3 Å². The van der Waals surface area contributed by atoms with Gasteiger partial charge in [-0.15, -0.1) is 36.2 Å². The molecule has 1 aromatic heterocycles. The van der Waals surface area contributed by atoms with Crippen LogP contribution in [0.25, 0.3) is 0 Å². The van der Waals surface area contributed by atoms with Crippen LogP contribution in [0.4, 0.5) is 8.78 Å². The van der Waals surface area contributed by atoms with Gasteiger partial charge < -0.3 is 5.32 Å². The number of hydrogen-bond donors (Lipinski definition) is 2. The lowest BCUT2D eigenvalue weighted by molar-refractivity contribution is -0.124. The van der Waals surface area contributed by atoms with Crippen molar-refractivity contribution in [3.63, 3.8) is 0 Å². The third kappa shape index (κ3) is 5.32. The lowest BCUT2D eigenvalue weighted by Gasteiger charge is -2.15. The van der Waals surface area contributed by atoms with Crippen LogP contribution >= 0.6 is 36.2 Å². The summed E-state index contributed by atoms with van der Waals surface area (Å²) in [4.78, 5) is 16.2. The number of halogens is 4. The van der Waals surface area contributed by atoms with E-state index in [0.717, 1.165) is 17.1 Å². The molecule has 2 unspecified atom stereocenters. The first-order chi connectivity index (χ1) is 8.91.